The number of benzene rings is 3. The summed E-state index contributed by atoms with van der Waals surface area (Å²) in [6.45, 7) is 5.11. The number of anilines is 2. The van der Waals surface area contributed by atoms with E-state index in [2.05, 4.69) is 85.5 Å². The van der Waals surface area contributed by atoms with Crippen molar-refractivity contribution in [1.82, 2.24) is 0 Å². The Labute approximate surface area is 201 Å². The molecule has 0 bridgehead atoms. The predicted octanol–water partition coefficient (Wildman–Crippen LogP) is 5.79. The number of amides is 1. The van der Waals surface area contributed by atoms with E-state index >= 15 is 0 Å². The third kappa shape index (κ3) is 3.27. The van der Waals surface area contributed by atoms with Gasteiger partial charge in [0.15, 0.2) is 0 Å². The molecular weight excluding hydrogens is 418 g/mol. The van der Waals surface area contributed by atoms with Crippen LogP contribution in [0.3, 0.4) is 0 Å². The summed E-state index contributed by atoms with van der Waals surface area (Å²) in [4.78, 5) is 16.8. The second-order valence-electron chi connectivity index (χ2n) is 10.2. The van der Waals surface area contributed by atoms with Crippen molar-refractivity contribution in [3.63, 3.8) is 0 Å². The number of fused-ring (bicyclic) bond motifs is 4. The molecule has 3 atom stereocenters. The quantitative estimate of drug-likeness (QED) is 0.508. The van der Waals surface area contributed by atoms with Crippen LogP contribution in [0.2, 0.25) is 0 Å². The Balaban J connectivity index is 1.39. The second-order valence-corrected chi connectivity index (χ2v) is 10.2. The van der Waals surface area contributed by atoms with Gasteiger partial charge in [-0.25, -0.2) is 0 Å². The lowest BCUT2D eigenvalue weighted by Crippen LogP contribution is -2.62. The maximum atomic E-state index is 14.3. The zero-order chi connectivity index (χ0) is 23.3. The van der Waals surface area contributed by atoms with Gasteiger partial charge in [-0.1, -0.05) is 66.2 Å². The van der Waals surface area contributed by atoms with Gasteiger partial charge in [0.25, 0.3) is 5.91 Å². The van der Waals surface area contributed by atoms with Gasteiger partial charge in [-0.2, -0.15) is 10.1 Å². The molecule has 1 fully saturated rings. The molecule has 6 rings (SSSR count). The molecule has 0 saturated carbocycles. The van der Waals surface area contributed by atoms with Crippen LogP contribution in [-0.2, 0) is 17.6 Å². The van der Waals surface area contributed by atoms with E-state index in [0.29, 0.717) is 5.92 Å². The Bertz CT molecular complexity index is 1250. The Morgan fingerprint density at radius 2 is 1.68 bits per heavy atom. The van der Waals surface area contributed by atoms with Gasteiger partial charge in [0.05, 0.1) is 11.4 Å². The molecule has 0 N–H and O–H groups in total. The van der Waals surface area contributed by atoms with Crippen molar-refractivity contribution in [1.29, 1.82) is 0 Å². The Hall–Kier alpha value is -3.40. The fourth-order valence-electron chi connectivity index (χ4n) is 6.36. The van der Waals surface area contributed by atoms with E-state index in [1.807, 2.05) is 12.1 Å². The SMILES string of the molecule is CC1=NN(c2ccc(C)cc2)C(=O)[C@]12Cc1ccccc1N1CC[C@H](Cc3ccccc3)C[C@@H]12. The van der Waals surface area contributed by atoms with E-state index < -0.39 is 5.41 Å². The number of hydrogen-bond acceptors (Lipinski definition) is 3. The average Bonchev–Trinajstić information content (AvgIpc) is 3.11. The summed E-state index contributed by atoms with van der Waals surface area (Å²) in [7, 11) is 0. The minimum absolute atomic E-state index is 0.122. The van der Waals surface area contributed by atoms with Crippen LogP contribution < -0.4 is 9.91 Å². The number of carbonyl (C=O) groups is 1. The van der Waals surface area contributed by atoms with Crippen LogP contribution in [0.25, 0.3) is 0 Å². The van der Waals surface area contributed by atoms with Gasteiger partial charge in [0.1, 0.15) is 5.41 Å². The molecular formula is C30H31N3O. The molecule has 0 aromatic heterocycles. The van der Waals surface area contributed by atoms with E-state index in [0.717, 1.165) is 43.6 Å². The molecule has 34 heavy (non-hydrogen) atoms. The summed E-state index contributed by atoms with van der Waals surface area (Å²) in [6.07, 6.45) is 3.93. The first-order valence-corrected chi connectivity index (χ1v) is 12.4. The standard InChI is InChI=1S/C30H31N3O/c1-21-12-14-26(15-13-21)33-29(34)30(22(2)31-33)20-25-10-6-7-11-27(25)32-17-16-24(19-28(30)32)18-23-8-4-3-5-9-23/h3-15,24,28H,16-20H2,1-2H3/t24-,28-,30-/m1/s1. The molecule has 4 nitrogen and oxygen atoms in total. The highest BCUT2D eigenvalue weighted by molar-refractivity contribution is 6.20. The summed E-state index contributed by atoms with van der Waals surface area (Å²) in [5.41, 5.74) is 6.31. The highest BCUT2D eigenvalue weighted by Crippen LogP contribution is 2.50. The molecule has 3 aliphatic heterocycles. The summed E-state index contributed by atoms with van der Waals surface area (Å²) in [6, 6.07) is 27.7. The number of carbonyl (C=O) groups excluding carboxylic acids is 1. The Morgan fingerprint density at radius 3 is 2.47 bits per heavy atom. The molecule has 1 saturated heterocycles. The van der Waals surface area contributed by atoms with Gasteiger partial charge >= 0.3 is 0 Å². The molecule has 3 aromatic carbocycles. The molecule has 3 heterocycles. The maximum absolute atomic E-state index is 14.3. The summed E-state index contributed by atoms with van der Waals surface area (Å²) < 4.78 is 0. The molecule has 172 valence electrons. The largest absolute Gasteiger partial charge is 0.367 e. The van der Waals surface area contributed by atoms with E-state index in [4.69, 9.17) is 5.10 Å². The monoisotopic (exact) mass is 449 g/mol. The van der Waals surface area contributed by atoms with Gasteiger partial charge < -0.3 is 4.90 Å². The molecule has 0 unspecified atom stereocenters. The first kappa shape index (κ1) is 21.2. The highest BCUT2D eigenvalue weighted by Gasteiger charge is 2.59. The third-order valence-corrected chi connectivity index (χ3v) is 8.17. The molecule has 0 radical (unpaired) electrons. The molecule has 4 heteroatoms. The van der Waals surface area contributed by atoms with Gasteiger partial charge in [-0.15, -0.1) is 0 Å². The number of para-hydroxylation sites is 1. The highest BCUT2D eigenvalue weighted by atomic mass is 16.2. The fourth-order valence-corrected chi connectivity index (χ4v) is 6.36. The van der Waals surface area contributed by atoms with Crippen molar-refractivity contribution < 1.29 is 4.79 Å². The number of rotatable bonds is 3. The summed E-state index contributed by atoms with van der Waals surface area (Å²) in [5.74, 6) is 0.679. The van der Waals surface area contributed by atoms with Crippen LogP contribution in [0.1, 0.15) is 36.5 Å². The normalized spacial score (nSPS) is 25.8. The predicted molar refractivity (Wildman–Crippen MR) is 138 cm³/mol. The molecule has 3 aliphatic rings. The molecule has 0 aliphatic carbocycles. The van der Waals surface area contributed by atoms with Crippen LogP contribution >= 0.6 is 0 Å². The fraction of sp³-hybridized carbons (Fsp3) is 0.333. The minimum Gasteiger partial charge on any atom is -0.367 e. The lowest BCUT2D eigenvalue weighted by molar-refractivity contribution is -0.125. The zero-order valence-corrected chi connectivity index (χ0v) is 19.9. The van der Waals surface area contributed by atoms with Crippen LogP contribution in [0, 0.1) is 18.3 Å². The van der Waals surface area contributed by atoms with Crippen molar-refractivity contribution >= 4 is 23.0 Å². The average molecular weight is 450 g/mol. The topological polar surface area (TPSA) is 35.9 Å². The zero-order valence-electron chi connectivity index (χ0n) is 19.9. The Kier molecular flexibility index (Phi) is 5.05. The van der Waals surface area contributed by atoms with E-state index in [1.165, 1.54) is 22.4 Å². The third-order valence-electron chi connectivity index (χ3n) is 8.17. The van der Waals surface area contributed by atoms with Crippen molar-refractivity contribution in [2.24, 2.45) is 16.4 Å². The van der Waals surface area contributed by atoms with E-state index in [1.54, 1.807) is 5.01 Å². The van der Waals surface area contributed by atoms with Gasteiger partial charge in [0.2, 0.25) is 0 Å². The van der Waals surface area contributed by atoms with Crippen LogP contribution in [0.4, 0.5) is 11.4 Å². The van der Waals surface area contributed by atoms with Crippen molar-refractivity contribution in [2.75, 3.05) is 16.5 Å². The van der Waals surface area contributed by atoms with Gasteiger partial charge in [-0.05, 0) is 74.8 Å². The molecule has 1 spiro atoms. The number of aryl methyl sites for hydroxylation is 1. The van der Waals surface area contributed by atoms with E-state index in [-0.39, 0.29) is 11.9 Å². The maximum Gasteiger partial charge on any atom is 0.261 e. The Morgan fingerprint density at radius 1 is 0.941 bits per heavy atom. The molecule has 3 aromatic rings. The van der Waals surface area contributed by atoms with Crippen LogP contribution in [0.15, 0.2) is 84.0 Å². The number of hydrazone groups is 1. The van der Waals surface area contributed by atoms with Gasteiger partial charge in [0, 0.05) is 18.3 Å². The van der Waals surface area contributed by atoms with E-state index in [9.17, 15) is 4.79 Å². The summed E-state index contributed by atoms with van der Waals surface area (Å²) >= 11 is 0. The number of hydrogen-bond donors (Lipinski definition) is 0. The minimum atomic E-state index is -0.616. The first-order valence-electron chi connectivity index (χ1n) is 12.4. The second kappa shape index (κ2) is 8.12. The lowest BCUT2D eigenvalue weighted by Gasteiger charge is -2.52. The lowest BCUT2D eigenvalue weighted by atomic mass is 9.64. The summed E-state index contributed by atoms with van der Waals surface area (Å²) in [5, 5.41) is 6.56. The van der Waals surface area contributed by atoms with Crippen LogP contribution in [-0.4, -0.2) is 24.2 Å². The number of nitrogens with zero attached hydrogens (tertiary/aromatic N) is 3. The van der Waals surface area contributed by atoms with Crippen molar-refractivity contribution in [3.05, 3.63) is 95.6 Å². The van der Waals surface area contributed by atoms with Crippen molar-refractivity contribution in [2.45, 2.75) is 45.6 Å². The molecule has 1 amide bonds. The first-order chi connectivity index (χ1) is 16.6. The van der Waals surface area contributed by atoms with Crippen LogP contribution in [0.5, 0.6) is 0 Å². The smallest absolute Gasteiger partial charge is 0.261 e. The van der Waals surface area contributed by atoms with Gasteiger partial charge in [-0.3, -0.25) is 4.79 Å². The number of piperidine rings is 1. The van der Waals surface area contributed by atoms with Crippen molar-refractivity contribution in [3.8, 4) is 0 Å².